The number of hydrogen-bond donors (Lipinski definition) is 1. The molecule has 1 N–H and O–H groups in total. The van der Waals surface area contributed by atoms with E-state index in [1.54, 1.807) is 0 Å². The number of halogens is 2. The lowest BCUT2D eigenvalue weighted by Crippen LogP contribution is -2.51. The van der Waals surface area contributed by atoms with Gasteiger partial charge in [-0.25, -0.2) is 18.4 Å². The van der Waals surface area contributed by atoms with Crippen LogP contribution in [0, 0.1) is 11.6 Å². The molecule has 2 amide bonds. The van der Waals surface area contributed by atoms with Crippen LogP contribution in [-0.2, 0) is 14.3 Å². The minimum absolute atomic E-state index is 0.0274. The third-order valence-corrected chi connectivity index (χ3v) is 3.70. The van der Waals surface area contributed by atoms with Gasteiger partial charge in [-0.05, 0) is 19.1 Å². The van der Waals surface area contributed by atoms with Crippen LogP contribution in [0.4, 0.5) is 13.6 Å². The van der Waals surface area contributed by atoms with Gasteiger partial charge in [-0.3, -0.25) is 0 Å². The number of nitrogens with one attached hydrogen (secondary N) is 1. The Morgan fingerprint density at radius 3 is 2.93 bits per heavy atom. The highest BCUT2D eigenvalue weighted by Gasteiger charge is 2.25. The number of morpholine rings is 1. The van der Waals surface area contributed by atoms with Gasteiger partial charge in [0.1, 0.15) is 25.1 Å². The summed E-state index contributed by atoms with van der Waals surface area (Å²) in [5.41, 5.74) is 0.284. The number of carbonyl (C=O) groups is 2. The van der Waals surface area contributed by atoms with E-state index < -0.39 is 23.7 Å². The highest BCUT2D eigenvalue weighted by molar-refractivity contribution is 5.86. The summed E-state index contributed by atoms with van der Waals surface area (Å²) in [6.45, 7) is 6.06. The molecule has 1 saturated heterocycles. The van der Waals surface area contributed by atoms with Crippen LogP contribution in [-0.4, -0.2) is 62.5 Å². The Kier molecular flexibility index (Phi) is 7.54. The van der Waals surface area contributed by atoms with Crippen LogP contribution in [0.3, 0.4) is 0 Å². The maximum atomic E-state index is 13.6. The van der Waals surface area contributed by atoms with Crippen molar-refractivity contribution in [2.45, 2.75) is 13.0 Å². The number of esters is 1. The Morgan fingerprint density at radius 2 is 2.19 bits per heavy atom. The number of nitrogens with zero attached hydrogens (tertiary/aromatic N) is 1. The van der Waals surface area contributed by atoms with Crippen molar-refractivity contribution in [2.75, 3.05) is 39.5 Å². The molecular weight excluding hydrogens is 362 g/mol. The second-order valence-corrected chi connectivity index (χ2v) is 5.97. The van der Waals surface area contributed by atoms with Gasteiger partial charge in [0.05, 0.1) is 19.7 Å². The first kappa shape index (κ1) is 20.6. The van der Waals surface area contributed by atoms with Gasteiger partial charge in [-0.1, -0.05) is 6.58 Å². The summed E-state index contributed by atoms with van der Waals surface area (Å²) in [5, 5.41) is 2.63. The van der Waals surface area contributed by atoms with Crippen molar-refractivity contribution >= 4 is 12.0 Å². The van der Waals surface area contributed by atoms with Gasteiger partial charge in [0.15, 0.2) is 11.6 Å². The minimum atomic E-state index is -0.675. The van der Waals surface area contributed by atoms with E-state index in [9.17, 15) is 18.4 Å². The fourth-order valence-corrected chi connectivity index (χ4v) is 2.31. The lowest BCUT2D eigenvalue weighted by Gasteiger charge is -2.32. The Hall–Kier alpha value is -2.68. The van der Waals surface area contributed by atoms with E-state index in [0.29, 0.717) is 6.54 Å². The van der Waals surface area contributed by atoms with Crippen LogP contribution in [0.15, 0.2) is 30.4 Å². The highest BCUT2D eigenvalue weighted by Crippen LogP contribution is 2.19. The highest BCUT2D eigenvalue weighted by atomic mass is 19.1. The van der Waals surface area contributed by atoms with Crippen LogP contribution >= 0.6 is 0 Å². The molecule has 0 aliphatic carbocycles. The molecule has 7 nitrogen and oxygen atoms in total. The van der Waals surface area contributed by atoms with Crippen LogP contribution in [0.2, 0.25) is 0 Å². The summed E-state index contributed by atoms with van der Waals surface area (Å²) in [4.78, 5) is 24.9. The average molecular weight is 384 g/mol. The molecule has 1 aromatic carbocycles. The number of benzene rings is 1. The van der Waals surface area contributed by atoms with Crippen LogP contribution in [0.5, 0.6) is 5.75 Å². The fourth-order valence-electron chi connectivity index (χ4n) is 2.31. The third-order valence-electron chi connectivity index (χ3n) is 3.70. The average Bonchev–Trinajstić information content (AvgIpc) is 2.65. The molecule has 2 rings (SSSR count). The molecule has 0 radical (unpaired) electrons. The molecule has 1 aliphatic rings. The van der Waals surface area contributed by atoms with Gasteiger partial charge in [-0.15, -0.1) is 0 Å². The molecular formula is C18H22F2N2O5. The second kappa shape index (κ2) is 9.86. The van der Waals surface area contributed by atoms with E-state index in [1.165, 1.54) is 11.8 Å². The van der Waals surface area contributed by atoms with Gasteiger partial charge in [0, 0.05) is 18.2 Å². The summed E-state index contributed by atoms with van der Waals surface area (Å²) in [7, 11) is 0. The zero-order valence-electron chi connectivity index (χ0n) is 15.0. The zero-order chi connectivity index (χ0) is 19.8. The number of rotatable bonds is 7. The van der Waals surface area contributed by atoms with Crippen LogP contribution in [0.25, 0.3) is 0 Å². The normalized spacial score (nSPS) is 16.6. The SMILES string of the molecule is C=C(C)C(=O)OCCNC(=O)N1CCOC(COc2cc(F)ccc2F)C1. The zero-order valence-corrected chi connectivity index (χ0v) is 15.0. The Labute approximate surface area is 155 Å². The Balaban J connectivity index is 1.74. The van der Waals surface area contributed by atoms with Gasteiger partial charge < -0.3 is 24.4 Å². The largest absolute Gasteiger partial charge is 0.488 e. The second-order valence-electron chi connectivity index (χ2n) is 5.97. The standard InChI is InChI=1S/C18H22F2N2O5/c1-12(2)17(23)26-7-5-21-18(24)22-6-8-25-14(10-22)11-27-16-9-13(19)3-4-15(16)20/h3-4,9,14H,1,5-8,10-11H2,2H3,(H,21,24). The number of amides is 2. The van der Waals surface area contributed by atoms with Crippen molar-refractivity contribution in [3.8, 4) is 5.75 Å². The van der Waals surface area contributed by atoms with Crippen LogP contribution < -0.4 is 10.1 Å². The van der Waals surface area contributed by atoms with Gasteiger partial charge in [0.25, 0.3) is 0 Å². The summed E-state index contributed by atoms with van der Waals surface area (Å²) in [5.74, 6) is -2.01. The molecule has 148 valence electrons. The molecule has 1 atom stereocenters. The monoisotopic (exact) mass is 384 g/mol. The molecule has 0 aromatic heterocycles. The van der Waals surface area contributed by atoms with Gasteiger partial charge in [0.2, 0.25) is 0 Å². The van der Waals surface area contributed by atoms with Crippen molar-refractivity contribution in [3.05, 3.63) is 42.0 Å². The minimum Gasteiger partial charge on any atom is -0.488 e. The van der Waals surface area contributed by atoms with Crippen molar-refractivity contribution in [1.29, 1.82) is 0 Å². The predicted molar refractivity (Wildman–Crippen MR) is 92.3 cm³/mol. The summed E-state index contributed by atoms with van der Waals surface area (Å²) in [6.07, 6.45) is -0.478. The lowest BCUT2D eigenvalue weighted by atomic mass is 10.3. The van der Waals surface area contributed by atoms with E-state index in [1.807, 2.05) is 0 Å². The Bertz CT molecular complexity index is 698. The predicted octanol–water partition coefficient (Wildman–Crippen LogP) is 1.87. The molecule has 0 bridgehead atoms. The molecule has 1 unspecified atom stereocenters. The Morgan fingerprint density at radius 1 is 1.41 bits per heavy atom. The maximum absolute atomic E-state index is 13.6. The van der Waals surface area contributed by atoms with Gasteiger partial charge >= 0.3 is 12.0 Å². The third kappa shape index (κ3) is 6.52. The molecule has 1 aromatic rings. The number of urea groups is 1. The molecule has 9 heteroatoms. The smallest absolute Gasteiger partial charge is 0.333 e. The molecule has 1 heterocycles. The quantitative estimate of drug-likeness (QED) is 0.441. The molecule has 27 heavy (non-hydrogen) atoms. The van der Waals surface area contributed by atoms with E-state index in [4.69, 9.17) is 14.2 Å². The van der Waals surface area contributed by atoms with E-state index in [-0.39, 0.29) is 50.3 Å². The van der Waals surface area contributed by atoms with E-state index >= 15 is 0 Å². The first-order valence-corrected chi connectivity index (χ1v) is 8.41. The fraction of sp³-hybridized carbons (Fsp3) is 0.444. The summed E-state index contributed by atoms with van der Waals surface area (Å²) < 4.78 is 42.4. The van der Waals surface area contributed by atoms with E-state index in [2.05, 4.69) is 11.9 Å². The lowest BCUT2D eigenvalue weighted by molar-refractivity contribution is -0.138. The topological polar surface area (TPSA) is 77.1 Å². The molecule has 1 aliphatic heterocycles. The van der Waals surface area contributed by atoms with Crippen LogP contribution in [0.1, 0.15) is 6.92 Å². The number of hydrogen-bond acceptors (Lipinski definition) is 5. The first-order chi connectivity index (χ1) is 12.9. The van der Waals surface area contributed by atoms with Crippen molar-refractivity contribution in [3.63, 3.8) is 0 Å². The van der Waals surface area contributed by atoms with E-state index in [0.717, 1.165) is 18.2 Å². The maximum Gasteiger partial charge on any atom is 0.333 e. The summed E-state index contributed by atoms with van der Waals surface area (Å²) in [6, 6.07) is 2.59. The number of ether oxygens (including phenoxy) is 3. The number of carbonyl (C=O) groups excluding carboxylic acids is 2. The van der Waals surface area contributed by atoms with Crippen molar-refractivity contribution in [1.82, 2.24) is 10.2 Å². The molecule has 0 saturated carbocycles. The molecule has 1 fully saturated rings. The van der Waals surface area contributed by atoms with Crippen molar-refractivity contribution < 1.29 is 32.6 Å². The molecule has 0 spiro atoms. The van der Waals surface area contributed by atoms with Gasteiger partial charge in [-0.2, -0.15) is 0 Å². The summed E-state index contributed by atoms with van der Waals surface area (Å²) >= 11 is 0. The first-order valence-electron chi connectivity index (χ1n) is 8.41. The van der Waals surface area contributed by atoms with Crippen molar-refractivity contribution in [2.24, 2.45) is 0 Å².